The Balaban J connectivity index is 2.67. The van der Waals surface area contributed by atoms with E-state index in [2.05, 4.69) is 4.74 Å². The van der Waals surface area contributed by atoms with Crippen molar-refractivity contribution in [3.05, 3.63) is 0 Å². The molecule has 0 saturated heterocycles. The monoisotopic (exact) mass is 185 g/mol. The normalized spacial score (nSPS) is 28.1. The maximum Gasteiger partial charge on any atom is 0.309 e. The van der Waals surface area contributed by atoms with Crippen molar-refractivity contribution < 1.29 is 14.3 Å². The quantitative estimate of drug-likeness (QED) is 0.635. The molecule has 0 aliphatic heterocycles. The number of carbonyl (C=O) groups is 2. The summed E-state index contributed by atoms with van der Waals surface area (Å²) in [6, 6.07) is 0. The Bertz CT molecular complexity index is 215. The first-order chi connectivity index (χ1) is 6.16. The predicted molar refractivity (Wildman–Crippen MR) is 46.7 cm³/mol. The number of methoxy groups -OCH3 is 1. The van der Waals surface area contributed by atoms with Crippen molar-refractivity contribution >= 4 is 11.9 Å². The Morgan fingerprint density at radius 2 is 1.77 bits per heavy atom. The standard InChI is InChI=1S/C9H15NO3/c1-13-9(12)7-5-3-2-4-6(7)8(10)11/h6-7H,2-5H2,1H3,(H2,10,11)/t6-,7-/m1/s1. The smallest absolute Gasteiger partial charge is 0.309 e. The van der Waals surface area contributed by atoms with Gasteiger partial charge in [-0.15, -0.1) is 0 Å². The van der Waals surface area contributed by atoms with Gasteiger partial charge in [0.15, 0.2) is 0 Å². The van der Waals surface area contributed by atoms with E-state index in [0.717, 1.165) is 25.7 Å². The van der Waals surface area contributed by atoms with Crippen LogP contribution in [-0.4, -0.2) is 19.0 Å². The van der Waals surface area contributed by atoms with E-state index >= 15 is 0 Å². The van der Waals surface area contributed by atoms with Gasteiger partial charge >= 0.3 is 5.97 Å². The lowest BCUT2D eigenvalue weighted by atomic mass is 9.79. The number of nitrogens with two attached hydrogens (primary N) is 1. The summed E-state index contributed by atoms with van der Waals surface area (Å²) in [6.07, 6.45) is 3.39. The molecule has 0 aromatic carbocycles. The van der Waals surface area contributed by atoms with Crippen molar-refractivity contribution in [2.75, 3.05) is 7.11 Å². The number of carbonyl (C=O) groups excluding carboxylic acids is 2. The molecule has 0 radical (unpaired) electrons. The summed E-state index contributed by atoms with van der Waals surface area (Å²) < 4.78 is 4.62. The van der Waals surface area contributed by atoms with Crippen LogP contribution in [0.2, 0.25) is 0 Å². The lowest BCUT2D eigenvalue weighted by Gasteiger charge is -2.26. The molecule has 74 valence electrons. The van der Waals surface area contributed by atoms with Crippen LogP contribution in [0.1, 0.15) is 25.7 Å². The fraction of sp³-hybridized carbons (Fsp3) is 0.778. The van der Waals surface area contributed by atoms with Gasteiger partial charge in [-0.25, -0.2) is 0 Å². The molecule has 1 rings (SSSR count). The molecule has 1 amide bonds. The molecule has 4 nitrogen and oxygen atoms in total. The van der Waals surface area contributed by atoms with Crippen LogP contribution >= 0.6 is 0 Å². The van der Waals surface area contributed by atoms with Gasteiger partial charge in [0.05, 0.1) is 18.9 Å². The van der Waals surface area contributed by atoms with Crippen molar-refractivity contribution in [1.29, 1.82) is 0 Å². The molecule has 0 aromatic heterocycles. The second-order valence-electron chi connectivity index (χ2n) is 3.42. The Hall–Kier alpha value is -1.06. The minimum atomic E-state index is -0.380. The van der Waals surface area contributed by atoms with Crippen LogP contribution in [0.5, 0.6) is 0 Å². The zero-order chi connectivity index (χ0) is 9.84. The summed E-state index contributed by atoms with van der Waals surface area (Å²) in [5, 5.41) is 0. The number of hydrogen-bond donors (Lipinski definition) is 1. The molecule has 4 heteroatoms. The lowest BCUT2D eigenvalue weighted by Crippen LogP contribution is -2.37. The number of amides is 1. The average Bonchev–Trinajstić information content (AvgIpc) is 2.16. The lowest BCUT2D eigenvalue weighted by molar-refractivity contribution is -0.151. The Labute approximate surface area is 77.4 Å². The van der Waals surface area contributed by atoms with Crippen molar-refractivity contribution in [2.45, 2.75) is 25.7 Å². The first kappa shape index (κ1) is 10.0. The number of hydrogen-bond acceptors (Lipinski definition) is 3. The summed E-state index contributed by atoms with van der Waals surface area (Å²) in [4.78, 5) is 22.3. The van der Waals surface area contributed by atoms with Gasteiger partial charge in [-0.05, 0) is 12.8 Å². The Morgan fingerprint density at radius 1 is 1.23 bits per heavy atom. The zero-order valence-corrected chi connectivity index (χ0v) is 7.79. The van der Waals surface area contributed by atoms with E-state index < -0.39 is 0 Å². The average molecular weight is 185 g/mol. The maximum atomic E-state index is 11.3. The molecule has 2 atom stereocenters. The van der Waals surface area contributed by atoms with Gasteiger partial charge in [-0.2, -0.15) is 0 Å². The molecule has 0 bridgehead atoms. The molecule has 1 saturated carbocycles. The molecular weight excluding hydrogens is 170 g/mol. The van der Waals surface area contributed by atoms with Crippen LogP contribution in [0.15, 0.2) is 0 Å². The van der Waals surface area contributed by atoms with Crippen molar-refractivity contribution in [1.82, 2.24) is 0 Å². The van der Waals surface area contributed by atoms with E-state index in [-0.39, 0.29) is 23.7 Å². The molecule has 1 fully saturated rings. The summed E-state index contributed by atoms with van der Waals surface area (Å²) >= 11 is 0. The van der Waals surface area contributed by atoms with Gasteiger partial charge in [0.1, 0.15) is 0 Å². The third-order valence-corrected chi connectivity index (χ3v) is 2.64. The highest BCUT2D eigenvalue weighted by Gasteiger charge is 2.34. The third-order valence-electron chi connectivity index (χ3n) is 2.64. The fourth-order valence-electron chi connectivity index (χ4n) is 1.90. The van der Waals surface area contributed by atoms with Gasteiger partial charge < -0.3 is 10.5 Å². The molecule has 0 aromatic rings. The summed E-state index contributed by atoms with van der Waals surface area (Å²) in [5.41, 5.74) is 5.20. The Morgan fingerprint density at radius 3 is 2.23 bits per heavy atom. The number of esters is 1. The largest absolute Gasteiger partial charge is 0.469 e. The summed E-state index contributed by atoms with van der Waals surface area (Å²) in [7, 11) is 1.34. The Kier molecular flexibility index (Phi) is 3.28. The van der Waals surface area contributed by atoms with E-state index in [4.69, 9.17) is 5.73 Å². The second-order valence-corrected chi connectivity index (χ2v) is 3.42. The van der Waals surface area contributed by atoms with Crippen LogP contribution in [0.25, 0.3) is 0 Å². The zero-order valence-electron chi connectivity index (χ0n) is 7.79. The highest BCUT2D eigenvalue weighted by molar-refractivity contribution is 5.84. The highest BCUT2D eigenvalue weighted by atomic mass is 16.5. The number of primary amides is 1. The first-order valence-electron chi connectivity index (χ1n) is 4.54. The van der Waals surface area contributed by atoms with Crippen LogP contribution in [0.3, 0.4) is 0 Å². The van der Waals surface area contributed by atoms with Gasteiger partial charge in [0.2, 0.25) is 5.91 Å². The predicted octanol–water partition coefficient (Wildman–Crippen LogP) is 0.451. The minimum Gasteiger partial charge on any atom is -0.469 e. The molecule has 2 N–H and O–H groups in total. The number of rotatable bonds is 2. The first-order valence-corrected chi connectivity index (χ1v) is 4.54. The summed E-state index contributed by atoms with van der Waals surface area (Å²) in [5.74, 6) is -1.31. The van der Waals surface area contributed by atoms with Crippen molar-refractivity contribution in [3.8, 4) is 0 Å². The van der Waals surface area contributed by atoms with Gasteiger partial charge in [-0.1, -0.05) is 12.8 Å². The SMILES string of the molecule is COC(=O)[C@@H]1CCCC[C@H]1C(N)=O. The van der Waals surface area contributed by atoms with Crippen LogP contribution in [0.4, 0.5) is 0 Å². The van der Waals surface area contributed by atoms with E-state index in [9.17, 15) is 9.59 Å². The van der Waals surface area contributed by atoms with Gasteiger partial charge in [-0.3, -0.25) is 9.59 Å². The van der Waals surface area contributed by atoms with Gasteiger partial charge in [0.25, 0.3) is 0 Å². The second kappa shape index (κ2) is 4.25. The molecule has 0 spiro atoms. The fourth-order valence-corrected chi connectivity index (χ4v) is 1.90. The minimum absolute atomic E-state index is 0.302. The summed E-state index contributed by atoms with van der Waals surface area (Å²) in [6.45, 7) is 0. The van der Waals surface area contributed by atoms with E-state index in [1.807, 2.05) is 0 Å². The third kappa shape index (κ3) is 2.20. The van der Waals surface area contributed by atoms with E-state index in [0.29, 0.717) is 0 Å². The van der Waals surface area contributed by atoms with Crippen molar-refractivity contribution in [2.24, 2.45) is 17.6 Å². The topological polar surface area (TPSA) is 69.4 Å². The molecular formula is C9H15NO3. The van der Waals surface area contributed by atoms with Crippen LogP contribution in [0, 0.1) is 11.8 Å². The maximum absolute atomic E-state index is 11.3. The number of ether oxygens (including phenoxy) is 1. The van der Waals surface area contributed by atoms with E-state index in [1.54, 1.807) is 0 Å². The molecule has 0 unspecified atom stereocenters. The van der Waals surface area contributed by atoms with Crippen LogP contribution in [-0.2, 0) is 14.3 Å². The van der Waals surface area contributed by atoms with Crippen LogP contribution < -0.4 is 5.73 Å². The molecule has 1 aliphatic carbocycles. The van der Waals surface area contributed by atoms with Crippen molar-refractivity contribution in [3.63, 3.8) is 0 Å². The molecule has 0 heterocycles. The molecule has 1 aliphatic rings. The highest BCUT2D eigenvalue weighted by Crippen LogP contribution is 2.30. The van der Waals surface area contributed by atoms with E-state index in [1.165, 1.54) is 7.11 Å². The van der Waals surface area contributed by atoms with Gasteiger partial charge in [0, 0.05) is 0 Å². The molecule has 13 heavy (non-hydrogen) atoms.